The van der Waals surface area contributed by atoms with E-state index < -0.39 is 4.92 Å². The van der Waals surface area contributed by atoms with Gasteiger partial charge in [0.15, 0.2) is 4.34 Å². The van der Waals surface area contributed by atoms with Crippen molar-refractivity contribution in [3.8, 4) is 11.8 Å². The predicted molar refractivity (Wildman–Crippen MR) is 123 cm³/mol. The quantitative estimate of drug-likeness (QED) is 0.141. The highest BCUT2D eigenvalue weighted by atomic mass is 32.2. The van der Waals surface area contributed by atoms with E-state index in [1.54, 1.807) is 29.5 Å². The highest BCUT2D eigenvalue weighted by Gasteiger charge is 2.10. The van der Waals surface area contributed by atoms with Crippen molar-refractivity contribution in [1.29, 1.82) is 5.26 Å². The average molecular weight is 446 g/mol. The summed E-state index contributed by atoms with van der Waals surface area (Å²) in [5.41, 5.74) is 2.54. The molecule has 1 heterocycles. The van der Waals surface area contributed by atoms with Gasteiger partial charge in [-0.15, -0.1) is 11.3 Å². The van der Waals surface area contributed by atoms with E-state index in [1.807, 2.05) is 48.5 Å². The second kappa shape index (κ2) is 9.43. The summed E-state index contributed by atoms with van der Waals surface area (Å²) in [6.07, 6.45) is 1.78. The third-order valence-electron chi connectivity index (χ3n) is 4.33. The number of thiazole rings is 1. The summed E-state index contributed by atoms with van der Waals surface area (Å²) >= 11 is 2.87. The molecule has 4 rings (SSSR count). The SMILES string of the molecule is N#CC(=Cc1ccccc1OCc1ccc([N+](=O)[O-])cc1)Sc1nc2ccccc2s1. The van der Waals surface area contributed by atoms with Crippen LogP contribution in [0.4, 0.5) is 5.69 Å². The fourth-order valence-electron chi connectivity index (χ4n) is 2.82. The number of aromatic nitrogens is 1. The van der Waals surface area contributed by atoms with Gasteiger partial charge >= 0.3 is 0 Å². The Balaban J connectivity index is 1.51. The first-order valence-corrected chi connectivity index (χ1v) is 10.9. The smallest absolute Gasteiger partial charge is 0.269 e. The number of ether oxygens (including phenoxy) is 1. The van der Waals surface area contributed by atoms with Crippen LogP contribution in [0.1, 0.15) is 11.1 Å². The number of fused-ring (bicyclic) bond motifs is 1. The lowest BCUT2D eigenvalue weighted by atomic mass is 10.2. The molecule has 0 atom stereocenters. The predicted octanol–water partition coefficient (Wildman–Crippen LogP) is 6.44. The van der Waals surface area contributed by atoms with E-state index >= 15 is 0 Å². The zero-order chi connectivity index (χ0) is 21.6. The van der Waals surface area contributed by atoms with Crippen LogP contribution >= 0.6 is 23.1 Å². The second-order valence-electron chi connectivity index (χ2n) is 6.42. The number of thioether (sulfide) groups is 1. The van der Waals surface area contributed by atoms with Crippen molar-refractivity contribution in [3.63, 3.8) is 0 Å². The van der Waals surface area contributed by atoms with Crippen LogP contribution in [0.2, 0.25) is 0 Å². The molecule has 0 saturated carbocycles. The molecular weight excluding hydrogens is 430 g/mol. The Morgan fingerprint density at radius 3 is 2.61 bits per heavy atom. The fraction of sp³-hybridized carbons (Fsp3) is 0.0435. The van der Waals surface area contributed by atoms with Gasteiger partial charge in [-0.3, -0.25) is 10.1 Å². The summed E-state index contributed by atoms with van der Waals surface area (Å²) in [7, 11) is 0. The van der Waals surface area contributed by atoms with Gasteiger partial charge in [0.2, 0.25) is 0 Å². The number of hydrogen-bond donors (Lipinski definition) is 0. The Morgan fingerprint density at radius 2 is 1.87 bits per heavy atom. The van der Waals surface area contributed by atoms with Crippen LogP contribution < -0.4 is 4.74 Å². The van der Waals surface area contributed by atoms with E-state index in [1.165, 1.54) is 23.9 Å². The molecule has 0 N–H and O–H groups in total. The van der Waals surface area contributed by atoms with Crippen molar-refractivity contribution in [2.24, 2.45) is 0 Å². The third-order valence-corrected chi connectivity index (χ3v) is 6.35. The first-order valence-electron chi connectivity index (χ1n) is 9.23. The number of rotatable bonds is 7. The van der Waals surface area contributed by atoms with Gasteiger partial charge in [0.25, 0.3) is 5.69 Å². The number of nitriles is 1. The van der Waals surface area contributed by atoms with E-state index in [2.05, 4.69) is 11.1 Å². The lowest BCUT2D eigenvalue weighted by Crippen LogP contribution is -1.97. The van der Waals surface area contributed by atoms with E-state index in [9.17, 15) is 15.4 Å². The van der Waals surface area contributed by atoms with Crippen molar-refractivity contribution in [3.05, 3.63) is 98.9 Å². The number of nitro benzene ring substituents is 1. The van der Waals surface area contributed by atoms with Crippen LogP contribution in [0, 0.1) is 21.4 Å². The molecule has 0 radical (unpaired) electrons. The zero-order valence-corrected chi connectivity index (χ0v) is 17.7. The van der Waals surface area contributed by atoms with Gasteiger partial charge in [0.05, 0.1) is 20.0 Å². The molecule has 0 bridgehead atoms. The summed E-state index contributed by atoms with van der Waals surface area (Å²) in [4.78, 5) is 15.4. The van der Waals surface area contributed by atoms with Gasteiger partial charge in [-0.2, -0.15) is 5.26 Å². The molecule has 31 heavy (non-hydrogen) atoms. The van der Waals surface area contributed by atoms with E-state index in [0.29, 0.717) is 10.7 Å². The highest BCUT2D eigenvalue weighted by molar-refractivity contribution is 8.05. The highest BCUT2D eigenvalue weighted by Crippen LogP contribution is 2.35. The first kappa shape index (κ1) is 20.6. The molecule has 6 nitrogen and oxygen atoms in total. The van der Waals surface area contributed by atoms with Crippen LogP contribution in [-0.4, -0.2) is 9.91 Å². The van der Waals surface area contributed by atoms with Crippen molar-refractivity contribution in [2.75, 3.05) is 0 Å². The molecule has 4 aromatic rings. The van der Waals surface area contributed by atoms with Gasteiger partial charge in [-0.05, 0) is 53.7 Å². The van der Waals surface area contributed by atoms with Crippen molar-refractivity contribution < 1.29 is 9.66 Å². The minimum atomic E-state index is -0.433. The Kier molecular flexibility index (Phi) is 6.26. The number of hydrogen-bond acceptors (Lipinski definition) is 7. The van der Waals surface area contributed by atoms with Gasteiger partial charge in [0, 0.05) is 17.7 Å². The molecule has 0 saturated heterocycles. The van der Waals surface area contributed by atoms with E-state index in [0.717, 1.165) is 25.7 Å². The summed E-state index contributed by atoms with van der Waals surface area (Å²) in [6.45, 7) is 0.260. The van der Waals surface area contributed by atoms with E-state index in [-0.39, 0.29) is 12.3 Å². The number of nitrogens with zero attached hydrogens (tertiary/aromatic N) is 3. The summed E-state index contributed by atoms with van der Waals surface area (Å²) in [5, 5.41) is 20.4. The standard InChI is InChI=1S/C23H15N3O3S2/c24-14-19(30-23-25-20-6-2-4-8-22(20)31-23)13-17-5-1-3-7-21(17)29-15-16-9-11-18(12-10-16)26(27)28/h1-13H,15H2. The van der Waals surface area contributed by atoms with Crippen LogP contribution in [0.5, 0.6) is 5.75 Å². The number of nitro groups is 1. The van der Waals surface area contributed by atoms with Crippen LogP contribution in [0.3, 0.4) is 0 Å². The van der Waals surface area contributed by atoms with Crippen LogP contribution in [0.25, 0.3) is 16.3 Å². The molecule has 0 aliphatic heterocycles. The Hall–Kier alpha value is -3.67. The molecule has 1 aromatic heterocycles. The molecule has 0 unspecified atom stereocenters. The van der Waals surface area contributed by atoms with Gasteiger partial charge < -0.3 is 4.74 Å². The second-order valence-corrected chi connectivity index (χ2v) is 8.74. The maximum atomic E-state index is 10.8. The summed E-state index contributed by atoms with van der Waals surface area (Å²) in [5.74, 6) is 0.624. The van der Waals surface area contributed by atoms with Crippen molar-refractivity contribution in [1.82, 2.24) is 4.98 Å². The number of non-ortho nitro benzene ring substituents is 1. The Bertz CT molecular complexity index is 1270. The monoisotopic (exact) mass is 445 g/mol. The topological polar surface area (TPSA) is 89.0 Å². The minimum absolute atomic E-state index is 0.0395. The molecule has 0 amide bonds. The van der Waals surface area contributed by atoms with Crippen LogP contribution in [0.15, 0.2) is 82.0 Å². The molecule has 0 aliphatic carbocycles. The van der Waals surface area contributed by atoms with Gasteiger partial charge in [-0.1, -0.05) is 30.3 Å². The summed E-state index contributed by atoms with van der Waals surface area (Å²) in [6, 6.07) is 23.8. The number of allylic oxidation sites excluding steroid dienone is 1. The molecular formula is C23H15N3O3S2. The summed E-state index contributed by atoms with van der Waals surface area (Å²) < 4.78 is 7.80. The number of para-hydroxylation sites is 2. The molecule has 0 aliphatic rings. The molecule has 152 valence electrons. The Morgan fingerprint density at radius 1 is 1.13 bits per heavy atom. The van der Waals surface area contributed by atoms with Crippen molar-refractivity contribution >= 4 is 45.1 Å². The minimum Gasteiger partial charge on any atom is -0.488 e. The lowest BCUT2D eigenvalue weighted by molar-refractivity contribution is -0.384. The van der Waals surface area contributed by atoms with Crippen molar-refractivity contribution in [2.45, 2.75) is 10.9 Å². The normalized spacial score (nSPS) is 11.3. The van der Waals surface area contributed by atoms with Gasteiger partial charge in [0.1, 0.15) is 18.4 Å². The fourth-order valence-corrected chi connectivity index (χ4v) is 4.79. The first-order chi connectivity index (χ1) is 15.1. The Labute approximate surface area is 186 Å². The van der Waals surface area contributed by atoms with Crippen LogP contribution in [-0.2, 0) is 6.61 Å². The zero-order valence-electron chi connectivity index (χ0n) is 16.1. The van der Waals surface area contributed by atoms with Gasteiger partial charge in [-0.25, -0.2) is 4.98 Å². The third kappa shape index (κ3) is 5.09. The van der Waals surface area contributed by atoms with E-state index in [4.69, 9.17) is 4.74 Å². The lowest BCUT2D eigenvalue weighted by Gasteiger charge is -2.09. The largest absolute Gasteiger partial charge is 0.488 e. The molecule has 0 fully saturated rings. The maximum absolute atomic E-state index is 10.8. The molecule has 8 heteroatoms. The number of benzene rings is 3. The average Bonchev–Trinajstić information content (AvgIpc) is 3.20. The molecule has 3 aromatic carbocycles. The molecule has 0 spiro atoms. The maximum Gasteiger partial charge on any atom is 0.269 e.